The predicted octanol–water partition coefficient (Wildman–Crippen LogP) is 5.59. The molecule has 1 N–H and O–H groups in total. The average Bonchev–Trinajstić information content (AvgIpc) is 2.94. The summed E-state index contributed by atoms with van der Waals surface area (Å²) in [6.07, 6.45) is -2.94. The molecule has 0 saturated carbocycles. The van der Waals surface area contributed by atoms with Crippen LogP contribution in [0.15, 0.2) is 53.4 Å². The number of nitrogens with zero attached hydrogens (tertiary/aromatic N) is 1. The van der Waals surface area contributed by atoms with E-state index in [1.165, 1.54) is 17.0 Å². The van der Waals surface area contributed by atoms with Crippen LogP contribution in [0.2, 0.25) is 5.02 Å². The van der Waals surface area contributed by atoms with Crippen LogP contribution in [0.5, 0.6) is 0 Å². The molecule has 30 heavy (non-hydrogen) atoms. The van der Waals surface area contributed by atoms with Gasteiger partial charge in [0.1, 0.15) is 4.32 Å². The third-order valence-electron chi connectivity index (χ3n) is 4.08. The SMILES string of the molecule is O=C(CCN1C(=O)/C(=C/c2ccc(Cl)cc2)SC1=S)Nc1cccc(C(F)(F)F)c1. The molecular weight excluding hydrogens is 457 g/mol. The van der Waals surface area contributed by atoms with E-state index in [9.17, 15) is 22.8 Å². The molecule has 1 aliphatic heterocycles. The molecule has 2 aromatic rings. The van der Waals surface area contributed by atoms with E-state index in [-0.39, 0.29) is 24.6 Å². The topological polar surface area (TPSA) is 49.4 Å². The highest BCUT2D eigenvalue weighted by atomic mass is 35.5. The Labute approximate surface area is 185 Å². The van der Waals surface area contributed by atoms with Crippen molar-refractivity contribution < 1.29 is 22.8 Å². The quantitative estimate of drug-likeness (QED) is 0.457. The van der Waals surface area contributed by atoms with Gasteiger partial charge in [0.2, 0.25) is 5.91 Å². The Morgan fingerprint density at radius 2 is 1.90 bits per heavy atom. The third kappa shape index (κ3) is 5.62. The number of thioether (sulfide) groups is 1. The van der Waals surface area contributed by atoms with Crippen LogP contribution in [0.3, 0.4) is 0 Å². The van der Waals surface area contributed by atoms with E-state index < -0.39 is 17.6 Å². The van der Waals surface area contributed by atoms with Crippen LogP contribution in [0.1, 0.15) is 17.5 Å². The summed E-state index contributed by atoms with van der Waals surface area (Å²) in [5.41, 5.74) is -0.0467. The van der Waals surface area contributed by atoms with Crippen LogP contribution in [0, 0.1) is 0 Å². The minimum absolute atomic E-state index is 0.0212. The van der Waals surface area contributed by atoms with Crippen LogP contribution in [0.25, 0.3) is 6.08 Å². The molecule has 1 saturated heterocycles. The highest BCUT2D eigenvalue weighted by molar-refractivity contribution is 8.26. The monoisotopic (exact) mass is 470 g/mol. The fourth-order valence-electron chi connectivity index (χ4n) is 2.61. The normalized spacial score (nSPS) is 15.7. The molecule has 1 fully saturated rings. The molecule has 0 spiro atoms. The van der Waals surface area contributed by atoms with E-state index in [0.717, 1.165) is 29.5 Å². The Morgan fingerprint density at radius 3 is 2.57 bits per heavy atom. The predicted molar refractivity (Wildman–Crippen MR) is 116 cm³/mol. The van der Waals surface area contributed by atoms with Crippen LogP contribution >= 0.6 is 35.6 Å². The van der Waals surface area contributed by atoms with Gasteiger partial charge in [-0.1, -0.05) is 53.8 Å². The summed E-state index contributed by atoms with van der Waals surface area (Å²) in [6.45, 7) is 0.0212. The van der Waals surface area contributed by atoms with Crippen molar-refractivity contribution >= 4 is 63.5 Å². The molecule has 1 aliphatic rings. The minimum Gasteiger partial charge on any atom is -0.326 e. The lowest BCUT2D eigenvalue weighted by molar-refractivity contribution is -0.137. The number of hydrogen-bond acceptors (Lipinski definition) is 4. The zero-order chi connectivity index (χ0) is 21.9. The van der Waals surface area contributed by atoms with E-state index in [1.54, 1.807) is 30.3 Å². The second-order valence-electron chi connectivity index (χ2n) is 6.26. The summed E-state index contributed by atoms with van der Waals surface area (Å²) < 4.78 is 38.6. The van der Waals surface area contributed by atoms with Crippen LogP contribution in [-0.2, 0) is 15.8 Å². The largest absolute Gasteiger partial charge is 0.416 e. The summed E-state index contributed by atoms with van der Waals surface area (Å²) >= 11 is 12.2. The standard InChI is InChI=1S/C20H14ClF3N2O2S2/c21-14-6-4-12(5-7-14)10-16-18(28)26(19(29)30-16)9-8-17(27)25-15-3-1-2-13(11-15)20(22,23)24/h1-7,10-11H,8-9H2,(H,25,27)/b16-10-. The number of benzene rings is 2. The van der Waals surface area contributed by atoms with Gasteiger partial charge >= 0.3 is 6.18 Å². The number of nitrogens with one attached hydrogen (secondary N) is 1. The van der Waals surface area contributed by atoms with Gasteiger partial charge in [-0.3, -0.25) is 14.5 Å². The lowest BCUT2D eigenvalue weighted by Gasteiger charge is -2.14. The number of carbonyl (C=O) groups is 2. The van der Waals surface area contributed by atoms with E-state index in [4.69, 9.17) is 23.8 Å². The van der Waals surface area contributed by atoms with Crippen molar-refractivity contribution in [1.82, 2.24) is 4.90 Å². The Balaban J connectivity index is 1.60. The lowest BCUT2D eigenvalue weighted by atomic mass is 10.2. The van der Waals surface area contributed by atoms with Gasteiger partial charge in [0.25, 0.3) is 5.91 Å². The van der Waals surface area contributed by atoms with Crippen molar-refractivity contribution in [1.29, 1.82) is 0 Å². The third-order valence-corrected chi connectivity index (χ3v) is 5.71. The maximum Gasteiger partial charge on any atom is 0.416 e. The van der Waals surface area contributed by atoms with Gasteiger partial charge in [-0.05, 0) is 42.0 Å². The van der Waals surface area contributed by atoms with Crippen molar-refractivity contribution in [2.75, 3.05) is 11.9 Å². The molecular formula is C20H14ClF3N2O2S2. The Hall–Kier alpha value is -2.36. The number of halogens is 4. The average molecular weight is 471 g/mol. The van der Waals surface area contributed by atoms with Crippen molar-refractivity contribution in [3.63, 3.8) is 0 Å². The van der Waals surface area contributed by atoms with Gasteiger partial charge in [-0.15, -0.1) is 0 Å². The molecule has 0 aromatic heterocycles. The summed E-state index contributed by atoms with van der Waals surface area (Å²) in [7, 11) is 0. The smallest absolute Gasteiger partial charge is 0.326 e. The molecule has 10 heteroatoms. The first-order valence-corrected chi connectivity index (χ1v) is 10.2. The number of rotatable bonds is 5. The summed E-state index contributed by atoms with van der Waals surface area (Å²) in [6, 6.07) is 11.3. The Morgan fingerprint density at radius 1 is 1.20 bits per heavy atom. The van der Waals surface area contributed by atoms with Gasteiger partial charge in [0.05, 0.1) is 10.5 Å². The first-order chi connectivity index (χ1) is 14.1. The number of amides is 2. The molecule has 156 valence electrons. The molecule has 3 rings (SSSR count). The van der Waals surface area contributed by atoms with Gasteiger partial charge < -0.3 is 5.32 Å². The Kier molecular flexibility index (Phi) is 6.84. The number of thiocarbonyl (C=S) groups is 1. The van der Waals surface area contributed by atoms with E-state index in [2.05, 4.69) is 5.32 Å². The maximum atomic E-state index is 12.8. The van der Waals surface area contributed by atoms with Gasteiger partial charge in [-0.2, -0.15) is 13.2 Å². The van der Waals surface area contributed by atoms with Gasteiger partial charge in [0.15, 0.2) is 0 Å². The fraction of sp³-hybridized carbons (Fsp3) is 0.150. The number of carbonyl (C=O) groups excluding carboxylic acids is 2. The highest BCUT2D eigenvalue weighted by Gasteiger charge is 2.32. The van der Waals surface area contributed by atoms with Crippen LogP contribution in [0.4, 0.5) is 18.9 Å². The number of hydrogen-bond donors (Lipinski definition) is 1. The van der Waals surface area contributed by atoms with Gasteiger partial charge in [0, 0.05) is 23.7 Å². The molecule has 0 radical (unpaired) electrons. The first-order valence-electron chi connectivity index (χ1n) is 8.61. The molecule has 0 bridgehead atoms. The maximum absolute atomic E-state index is 12.8. The summed E-state index contributed by atoms with van der Waals surface area (Å²) in [4.78, 5) is 26.4. The van der Waals surface area contributed by atoms with Crippen molar-refractivity contribution in [2.24, 2.45) is 0 Å². The molecule has 0 aliphatic carbocycles. The lowest BCUT2D eigenvalue weighted by Crippen LogP contribution is -2.31. The Bertz CT molecular complexity index is 1020. The molecule has 0 atom stereocenters. The van der Waals surface area contributed by atoms with E-state index >= 15 is 0 Å². The fourth-order valence-corrected chi connectivity index (χ4v) is 4.05. The summed E-state index contributed by atoms with van der Waals surface area (Å²) in [5, 5.41) is 2.99. The second kappa shape index (κ2) is 9.20. The first kappa shape index (κ1) is 22.3. The van der Waals surface area contributed by atoms with Crippen molar-refractivity contribution in [3.05, 3.63) is 69.6 Å². The number of alkyl halides is 3. The zero-order valence-electron chi connectivity index (χ0n) is 15.2. The van der Waals surface area contributed by atoms with Crippen molar-refractivity contribution in [2.45, 2.75) is 12.6 Å². The molecule has 0 unspecified atom stereocenters. The molecule has 2 amide bonds. The second-order valence-corrected chi connectivity index (χ2v) is 8.37. The molecule has 1 heterocycles. The van der Waals surface area contributed by atoms with Crippen LogP contribution < -0.4 is 5.32 Å². The number of anilines is 1. The molecule has 4 nitrogen and oxygen atoms in total. The van der Waals surface area contributed by atoms with Crippen LogP contribution in [-0.4, -0.2) is 27.6 Å². The molecule has 2 aromatic carbocycles. The minimum atomic E-state index is -4.50. The van der Waals surface area contributed by atoms with Gasteiger partial charge in [-0.25, -0.2) is 0 Å². The van der Waals surface area contributed by atoms with E-state index in [1.807, 2.05) is 0 Å². The summed E-state index contributed by atoms with van der Waals surface area (Å²) in [5.74, 6) is -0.850. The van der Waals surface area contributed by atoms with Crippen molar-refractivity contribution in [3.8, 4) is 0 Å². The van der Waals surface area contributed by atoms with E-state index in [0.29, 0.717) is 14.2 Å². The zero-order valence-corrected chi connectivity index (χ0v) is 17.6. The highest BCUT2D eigenvalue weighted by Crippen LogP contribution is 2.33.